The van der Waals surface area contributed by atoms with Crippen LogP contribution in [-0.4, -0.2) is 26.0 Å². The molecule has 0 saturated carbocycles. The minimum absolute atomic E-state index is 0.316. The van der Waals surface area contributed by atoms with Gasteiger partial charge in [-0.15, -0.1) is 0 Å². The molecule has 0 radical (unpaired) electrons. The predicted molar refractivity (Wildman–Crippen MR) is 132 cm³/mol. The second kappa shape index (κ2) is 9.54. The average Bonchev–Trinajstić information content (AvgIpc) is 3.26. The highest BCUT2D eigenvalue weighted by molar-refractivity contribution is 6.05. The molecule has 0 aliphatic rings. The maximum absolute atomic E-state index is 12.6. The van der Waals surface area contributed by atoms with Gasteiger partial charge in [0.25, 0.3) is 0 Å². The largest absolute Gasteiger partial charge is 0.496 e. The fourth-order valence-electron chi connectivity index (χ4n) is 3.78. The monoisotopic (exact) mass is 456 g/mol. The predicted octanol–water partition coefficient (Wildman–Crippen LogP) is 5.26. The summed E-state index contributed by atoms with van der Waals surface area (Å²) in [5, 5.41) is 3.66. The van der Waals surface area contributed by atoms with Crippen LogP contribution in [0.25, 0.3) is 27.7 Å². The number of nitrogens with one attached hydrogen (secondary N) is 1. The van der Waals surface area contributed by atoms with Crippen LogP contribution < -0.4 is 20.5 Å². The number of para-hydroxylation sites is 1. The van der Waals surface area contributed by atoms with Crippen molar-refractivity contribution >= 4 is 34.0 Å². The maximum Gasteiger partial charge on any atom is 0.248 e. The van der Waals surface area contributed by atoms with Gasteiger partial charge in [-0.25, -0.2) is 0 Å². The molecule has 172 valence electrons. The van der Waals surface area contributed by atoms with Crippen LogP contribution >= 0.6 is 0 Å². The Morgan fingerprint density at radius 1 is 0.941 bits per heavy atom. The molecule has 0 aliphatic carbocycles. The van der Waals surface area contributed by atoms with Crippen LogP contribution in [0.1, 0.15) is 22.8 Å². The van der Waals surface area contributed by atoms with Crippen LogP contribution in [0.2, 0.25) is 0 Å². The van der Waals surface area contributed by atoms with Gasteiger partial charge in [0, 0.05) is 45.5 Å². The van der Waals surface area contributed by atoms with Gasteiger partial charge in [0.05, 0.1) is 20.5 Å². The Balaban J connectivity index is 1.68. The molecule has 0 fully saturated rings. The first-order chi connectivity index (χ1) is 16.4. The number of hydrogen-bond donors (Lipinski definition) is 2. The number of primary amides is 1. The molecule has 4 aromatic rings. The van der Waals surface area contributed by atoms with Crippen LogP contribution in [0.3, 0.4) is 0 Å². The zero-order valence-electron chi connectivity index (χ0n) is 19.0. The van der Waals surface area contributed by atoms with E-state index in [-0.39, 0.29) is 5.91 Å². The van der Waals surface area contributed by atoms with E-state index in [1.54, 1.807) is 50.8 Å². The molecule has 0 saturated heterocycles. The van der Waals surface area contributed by atoms with Gasteiger partial charge in [0.2, 0.25) is 11.8 Å². The fraction of sp³-hybridized carbons (Fsp3) is 0.111. The molecule has 1 heterocycles. The number of methoxy groups -OCH3 is 2. The molecule has 3 aromatic carbocycles. The number of fused-ring (bicyclic) bond motifs is 1. The molecule has 0 unspecified atom stereocenters. The Morgan fingerprint density at radius 3 is 2.32 bits per heavy atom. The number of furan rings is 1. The van der Waals surface area contributed by atoms with Crippen LogP contribution in [-0.2, 0) is 4.79 Å². The van der Waals surface area contributed by atoms with Crippen LogP contribution in [0.15, 0.2) is 77.4 Å². The second-order valence-corrected chi connectivity index (χ2v) is 7.66. The fourth-order valence-corrected chi connectivity index (χ4v) is 3.78. The van der Waals surface area contributed by atoms with Crippen molar-refractivity contribution in [3.05, 3.63) is 84.1 Å². The van der Waals surface area contributed by atoms with Gasteiger partial charge < -0.3 is 24.9 Å². The second-order valence-electron chi connectivity index (χ2n) is 7.66. The molecular formula is C27H24N2O5. The maximum atomic E-state index is 12.6. The first-order valence-electron chi connectivity index (χ1n) is 10.5. The van der Waals surface area contributed by atoms with Crippen molar-refractivity contribution in [3.63, 3.8) is 0 Å². The lowest BCUT2D eigenvalue weighted by Gasteiger charge is -2.11. The first-order valence-corrected chi connectivity index (χ1v) is 10.5. The molecule has 0 bridgehead atoms. The summed E-state index contributed by atoms with van der Waals surface area (Å²) in [5.74, 6) is 0.476. The van der Waals surface area contributed by atoms with Gasteiger partial charge in [0.1, 0.15) is 17.1 Å². The van der Waals surface area contributed by atoms with Crippen LogP contribution in [0, 0.1) is 0 Å². The van der Waals surface area contributed by atoms with Crippen molar-refractivity contribution < 1.29 is 23.5 Å². The van der Waals surface area contributed by atoms with Crippen molar-refractivity contribution in [3.8, 4) is 22.6 Å². The number of carbonyl (C=O) groups excluding carboxylic acids is 2. The highest BCUT2D eigenvalue weighted by Crippen LogP contribution is 2.40. The summed E-state index contributed by atoms with van der Waals surface area (Å²) < 4.78 is 16.9. The number of ether oxygens (including phenoxy) is 2. The van der Waals surface area contributed by atoms with E-state index in [0.29, 0.717) is 28.2 Å². The van der Waals surface area contributed by atoms with Crippen molar-refractivity contribution in [2.75, 3.05) is 19.5 Å². The Bertz CT molecular complexity index is 1400. The van der Waals surface area contributed by atoms with E-state index in [0.717, 1.165) is 27.8 Å². The van der Waals surface area contributed by atoms with E-state index in [4.69, 9.17) is 19.6 Å². The summed E-state index contributed by atoms with van der Waals surface area (Å²) in [6.07, 6.45) is 3.18. The number of carbonyl (C=O) groups is 2. The van der Waals surface area contributed by atoms with Crippen molar-refractivity contribution in [2.45, 2.75) is 6.92 Å². The summed E-state index contributed by atoms with van der Waals surface area (Å²) in [7, 11) is 3.20. The summed E-state index contributed by atoms with van der Waals surface area (Å²) >= 11 is 0. The number of rotatable bonds is 7. The number of benzene rings is 3. The molecule has 3 N–H and O–H groups in total. The minimum Gasteiger partial charge on any atom is -0.496 e. The summed E-state index contributed by atoms with van der Waals surface area (Å²) in [4.78, 5) is 23.9. The highest BCUT2D eigenvalue weighted by atomic mass is 16.5. The number of nitrogens with two attached hydrogens (primary N) is 1. The lowest BCUT2D eigenvalue weighted by Crippen LogP contribution is -2.12. The van der Waals surface area contributed by atoms with Gasteiger partial charge in [-0.1, -0.05) is 18.2 Å². The van der Waals surface area contributed by atoms with E-state index in [1.165, 1.54) is 6.08 Å². The van der Waals surface area contributed by atoms with Gasteiger partial charge in [-0.3, -0.25) is 9.59 Å². The Hall–Kier alpha value is -4.52. The van der Waals surface area contributed by atoms with Gasteiger partial charge in [0.15, 0.2) is 0 Å². The first kappa shape index (κ1) is 22.7. The smallest absolute Gasteiger partial charge is 0.248 e. The summed E-state index contributed by atoms with van der Waals surface area (Å²) in [5.41, 5.74) is 10.1. The molecule has 7 nitrogen and oxygen atoms in total. The van der Waals surface area contributed by atoms with Gasteiger partial charge in [-0.2, -0.15) is 0 Å². The minimum atomic E-state index is -0.525. The number of hydrogen-bond acceptors (Lipinski definition) is 5. The summed E-state index contributed by atoms with van der Waals surface area (Å²) in [6.45, 7) is 1.84. The van der Waals surface area contributed by atoms with E-state index in [1.807, 2.05) is 37.3 Å². The van der Waals surface area contributed by atoms with Crippen LogP contribution in [0.4, 0.5) is 5.69 Å². The lowest BCUT2D eigenvalue weighted by atomic mass is 9.98. The van der Waals surface area contributed by atoms with E-state index < -0.39 is 5.91 Å². The number of amides is 2. The van der Waals surface area contributed by atoms with E-state index in [2.05, 4.69) is 5.32 Å². The lowest BCUT2D eigenvalue weighted by molar-refractivity contribution is -0.111. The molecule has 1 aromatic heterocycles. The third kappa shape index (κ3) is 4.49. The SMILES string of the molecule is COc1cc2occ(-c3ccccc3OC)c2cc1/C(C)=C/C(=O)Nc1ccc(C(N)=O)cc1. The molecule has 0 atom stereocenters. The molecular weight excluding hydrogens is 432 g/mol. The third-order valence-corrected chi connectivity index (χ3v) is 5.50. The normalized spacial score (nSPS) is 11.3. The van der Waals surface area contributed by atoms with Crippen molar-refractivity contribution in [1.29, 1.82) is 0 Å². The standard InChI is InChI=1S/C27H24N2O5/c1-16(12-26(30)29-18-10-8-17(9-11-18)27(28)31)20-13-21-22(15-34-25(21)14-24(20)33-3)19-6-4-5-7-23(19)32-2/h4-15H,1-3H3,(H2,28,31)(H,29,30)/b16-12+. The van der Waals surface area contributed by atoms with Crippen molar-refractivity contribution in [1.82, 2.24) is 0 Å². The zero-order valence-corrected chi connectivity index (χ0v) is 19.0. The number of allylic oxidation sites excluding steroid dienone is 1. The molecule has 34 heavy (non-hydrogen) atoms. The van der Waals surface area contributed by atoms with Crippen LogP contribution in [0.5, 0.6) is 11.5 Å². The van der Waals surface area contributed by atoms with Gasteiger partial charge in [-0.05, 0) is 48.9 Å². The highest BCUT2D eigenvalue weighted by Gasteiger charge is 2.17. The Kier molecular flexibility index (Phi) is 6.36. The Morgan fingerprint density at radius 2 is 1.65 bits per heavy atom. The van der Waals surface area contributed by atoms with E-state index in [9.17, 15) is 9.59 Å². The summed E-state index contributed by atoms with van der Waals surface area (Å²) in [6, 6.07) is 17.8. The topological polar surface area (TPSA) is 104 Å². The van der Waals surface area contributed by atoms with E-state index >= 15 is 0 Å². The number of anilines is 1. The van der Waals surface area contributed by atoms with Crippen molar-refractivity contribution in [2.24, 2.45) is 5.73 Å². The average molecular weight is 456 g/mol. The molecule has 4 rings (SSSR count). The Labute approximate surface area is 196 Å². The zero-order chi connectivity index (χ0) is 24.2. The molecule has 0 spiro atoms. The molecule has 7 heteroatoms. The van der Waals surface area contributed by atoms with Gasteiger partial charge >= 0.3 is 0 Å². The molecule has 0 aliphatic heterocycles. The third-order valence-electron chi connectivity index (χ3n) is 5.50. The molecule has 2 amide bonds. The quantitative estimate of drug-likeness (QED) is 0.369.